The third-order valence-corrected chi connectivity index (χ3v) is 7.40. The Balaban J connectivity index is 1.70. The maximum Gasteiger partial charge on any atom is 0.294 e. The van der Waals surface area contributed by atoms with Crippen LogP contribution in [-0.4, -0.2) is 66.9 Å². The largest absolute Gasteiger partial charge is 0.486 e. The Morgan fingerprint density at radius 2 is 1.53 bits per heavy atom. The van der Waals surface area contributed by atoms with Crippen LogP contribution in [0, 0.1) is 0 Å². The molecule has 1 aliphatic rings. The molecule has 43 heavy (non-hydrogen) atoms. The monoisotopic (exact) mass is 630 g/mol. The molecule has 16 nitrogen and oxygen atoms in total. The molecule has 0 saturated heterocycles. The van der Waals surface area contributed by atoms with Gasteiger partial charge in [0.05, 0.1) is 39.4 Å². The van der Waals surface area contributed by atoms with Crippen molar-refractivity contribution in [2.45, 2.75) is 16.7 Å². The average molecular weight is 631 g/mol. The first-order chi connectivity index (χ1) is 20.2. The van der Waals surface area contributed by atoms with Crippen LogP contribution in [0.2, 0.25) is 0 Å². The van der Waals surface area contributed by atoms with Crippen LogP contribution >= 0.6 is 0 Å². The van der Waals surface area contributed by atoms with Crippen LogP contribution in [0.5, 0.6) is 0 Å². The maximum atomic E-state index is 13.2. The normalized spacial score (nSPS) is 15.1. The molecule has 2 aromatic carbocycles. The molecule has 2 amide bonds. The van der Waals surface area contributed by atoms with E-state index in [0.29, 0.717) is 0 Å². The fourth-order valence-electron chi connectivity index (χ4n) is 3.75. The molecule has 2 heterocycles. The minimum atomic E-state index is -4.46. The molecule has 1 aliphatic heterocycles. The van der Waals surface area contributed by atoms with E-state index in [0.717, 1.165) is 40.4 Å². The highest BCUT2D eigenvalue weighted by molar-refractivity contribution is 7.86. The molecule has 0 bridgehead atoms. The number of H-pyrrole nitrogens is 1. The van der Waals surface area contributed by atoms with Gasteiger partial charge in [-0.3, -0.25) is 28.6 Å². The second kappa shape index (κ2) is 12.0. The number of nitrogens with one attached hydrogen (secondary N) is 2. The van der Waals surface area contributed by atoms with Crippen LogP contribution in [0.15, 0.2) is 90.9 Å². The molecule has 224 valence electrons. The first-order valence-electron chi connectivity index (χ1n) is 11.9. The van der Waals surface area contributed by atoms with E-state index in [4.69, 9.17) is 4.74 Å². The smallest absolute Gasteiger partial charge is 0.294 e. The summed E-state index contributed by atoms with van der Waals surface area (Å²) in [4.78, 5) is 41.4. The van der Waals surface area contributed by atoms with Crippen LogP contribution in [0.3, 0.4) is 0 Å². The Morgan fingerprint density at radius 3 is 2.05 bits per heavy atom. The van der Waals surface area contributed by atoms with Gasteiger partial charge in [-0.2, -0.15) is 26.8 Å². The highest BCUT2D eigenvalue weighted by Gasteiger charge is 2.31. The summed E-state index contributed by atoms with van der Waals surface area (Å²) < 4.78 is 69.6. The van der Waals surface area contributed by atoms with Crippen molar-refractivity contribution in [2.24, 2.45) is 10.1 Å². The summed E-state index contributed by atoms with van der Waals surface area (Å²) in [6, 6.07) is 9.39. The zero-order valence-corrected chi connectivity index (χ0v) is 23.8. The van der Waals surface area contributed by atoms with E-state index in [1.165, 1.54) is 56.5 Å². The predicted molar refractivity (Wildman–Crippen MR) is 154 cm³/mol. The molecule has 0 spiro atoms. The number of ether oxygens (including phenoxy) is 1. The fourth-order valence-corrected chi connectivity index (χ4v) is 4.71. The van der Waals surface area contributed by atoms with Crippen LogP contribution < -0.4 is 15.9 Å². The Bertz CT molecular complexity index is 1990. The third-order valence-electron chi connectivity index (χ3n) is 5.66. The Kier molecular flexibility index (Phi) is 8.57. The second-order valence-electron chi connectivity index (χ2n) is 8.61. The third kappa shape index (κ3) is 6.84. The van der Waals surface area contributed by atoms with Gasteiger partial charge in [-0.25, -0.2) is 4.68 Å². The summed E-state index contributed by atoms with van der Waals surface area (Å²) in [5, 5.41) is 10.3. The Morgan fingerprint density at radius 1 is 0.977 bits per heavy atom. The molecular weight excluding hydrogens is 608 g/mol. The zero-order valence-electron chi connectivity index (χ0n) is 22.2. The van der Waals surface area contributed by atoms with E-state index in [-0.39, 0.29) is 44.0 Å². The van der Waals surface area contributed by atoms with Crippen LogP contribution in [0.4, 0.5) is 11.5 Å². The minimum Gasteiger partial charge on any atom is -0.486 e. The number of hydrogen-bond donors (Lipinski definition) is 4. The molecular formula is C25H22N6O10S2. The molecule has 18 heteroatoms. The van der Waals surface area contributed by atoms with Gasteiger partial charge in [0.15, 0.2) is 12.2 Å². The molecule has 0 radical (unpaired) electrons. The van der Waals surface area contributed by atoms with Crippen LogP contribution in [-0.2, 0) is 34.6 Å². The minimum absolute atomic E-state index is 0.00407. The van der Waals surface area contributed by atoms with Gasteiger partial charge in [0, 0.05) is 6.92 Å². The van der Waals surface area contributed by atoms with Crippen molar-refractivity contribution in [3.05, 3.63) is 82.2 Å². The molecule has 0 saturated carbocycles. The number of amidine groups is 1. The molecule has 1 aromatic heterocycles. The van der Waals surface area contributed by atoms with Gasteiger partial charge in [0.25, 0.3) is 31.7 Å². The number of hydrazone groups is 1. The van der Waals surface area contributed by atoms with Crippen molar-refractivity contribution in [2.75, 3.05) is 17.4 Å². The topological polar surface area (TPSA) is 230 Å². The highest BCUT2D eigenvalue weighted by atomic mass is 32.2. The van der Waals surface area contributed by atoms with Gasteiger partial charge in [0.1, 0.15) is 5.82 Å². The standard InChI is InChI=1S/C25H22N6O10S2/c1-15(32)27-23-21(25(34)31(29-23)17-8-12-19(13-9-17)43(38,39)40)5-3-4-20-22(26-14-41-2)28-30(24(20)33)16-6-10-18(11-7-16)42(35,36)37/h3-14,29H,1-2H3,(H,27,32)(H,35,36,37)(H,38,39,40)/b5-3?,20-4-,26-14?. The summed E-state index contributed by atoms with van der Waals surface area (Å²) in [5.41, 5.74) is -0.375. The molecule has 0 aliphatic carbocycles. The van der Waals surface area contributed by atoms with E-state index in [1.54, 1.807) is 0 Å². The number of aromatic nitrogens is 2. The number of amides is 2. The van der Waals surface area contributed by atoms with Gasteiger partial charge in [-0.05, 0) is 60.7 Å². The van der Waals surface area contributed by atoms with E-state index in [1.807, 2.05) is 0 Å². The number of anilines is 2. The first kappa shape index (κ1) is 30.8. The van der Waals surface area contributed by atoms with E-state index >= 15 is 0 Å². The van der Waals surface area contributed by atoms with Gasteiger partial charge in [-0.1, -0.05) is 6.08 Å². The van der Waals surface area contributed by atoms with E-state index < -0.39 is 37.6 Å². The molecule has 4 rings (SSSR count). The lowest BCUT2D eigenvalue weighted by atomic mass is 10.2. The van der Waals surface area contributed by atoms with Crippen molar-refractivity contribution in [1.82, 2.24) is 9.78 Å². The molecule has 0 unspecified atom stereocenters. The molecule has 0 atom stereocenters. The fraction of sp³-hybridized carbons (Fsp3) is 0.0800. The quantitative estimate of drug-likeness (QED) is 0.121. The maximum absolute atomic E-state index is 13.2. The zero-order chi connectivity index (χ0) is 31.5. The summed E-state index contributed by atoms with van der Waals surface area (Å²) in [6.45, 7) is 1.22. The average Bonchev–Trinajstić information content (AvgIpc) is 3.42. The summed E-state index contributed by atoms with van der Waals surface area (Å²) >= 11 is 0. The number of allylic oxidation sites excluding steroid dienone is 2. The number of rotatable bonds is 8. The lowest BCUT2D eigenvalue weighted by Gasteiger charge is -2.11. The summed E-state index contributed by atoms with van der Waals surface area (Å²) in [7, 11) is -7.59. The lowest BCUT2D eigenvalue weighted by molar-refractivity contribution is -0.115. The van der Waals surface area contributed by atoms with Gasteiger partial charge >= 0.3 is 0 Å². The van der Waals surface area contributed by atoms with Crippen LogP contribution in [0.25, 0.3) is 11.8 Å². The van der Waals surface area contributed by atoms with E-state index in [2.05, 4.69) is 20.5 Å². The molecule has 0 fully saturated rings. The highest BCUT2D eigenvalue weighted by Crippen LogP contribution is 2.26. The predicted octanol–water partition coefficient (Wildman–Crippen LogP) is 1.59. The number of carbonyl (C=O) groups is 2. The van der Waals surface area contributed by atoms with Crippen molar-refractivity contribution >= 4 is 61.9 Å². The molecule has 4 N–H and O–H groups in total. The van der Waals surface area contributed by atoms with Gasteiger partial charge in [-0.15, -0.1) is 5.10 Å². The van der Waals surface area contributed by atoms with Gasteiger partial charge < -0.3 is 10.1 Å². The van der Waals surface area contributed by atoms with Gasteiger partial charge in [0.2, 0.25) is 5.91 Å². The van der Waals surface area contributed by atoms with Crippen molar-refractivity contribution < 1.29 is 40.3 Å². The van der Waals surface area contributed by atoms with E-state index in [9.17, 15) is 40.3 Å². The SMILES string of the molecule is COC=NC1=NN(c2ccc(S(=O)(=O)O)cc2)C(=O)/C1=C\C=Cc1c(NC(C)=O)[nH]n(-c2ccc(S(=O)(=O)O)cc2)c1=O. The number of nitrogens with zero attached hydrogens (tertiary/aromatic N) is 4. The second-order valence-corrected chi connectivity index (χ2v) is 11.5. The number of aromatic amines is 1. The Labute approximate surface area is 243 Å². The van der Waals surface area contributed by atoms with Crippen molar-refractivity contribution in [3.63, 3.8) is 0 Å². The van der Waals surface area contributed by atoms with Crippen molar-refractivity contribution in [1.29, 1.82) is 0 Å². The number of hydrogen-bond acceptors (Lipinski definition) is 10. The number of aliphatic imine (C=N–C) groups is 1. The lowest BCUT2D eigenvalue weighted by Crippen LogP contribution is -2.21. The van der Waals surface area contributed by atoms with Crippen molar-refractivity contribution in [3.8, 4) is 5.69 Å². The number of benzene rings is 2. The van der Waals surface area contributed by atoms with Crippen LogP contribution in [0.1, 0.15) is 12.5 Å². The molecule has 3 aromatic rings. The number of methoxy groups -OCH3 is 1. The Hall–Kier alpha value is -5.17. The first-order valence-corrected chi connectivity index (χ1v) is 14.7. The number of carbonyl (C=O) groups excluding carboxylic acids is 2. The summed E-state index contributed by atoms with van der Waals surface area (Å²) in [5.74, 6) is -1.26. The summed E-state index contributed by atoms with van der Waals surface area (Å²) in [6.07, 6.45) is 4.96.